The summed E-state index contributed by atoms with van der Waals surface area (Å²) < 4.78 is 11.3. The third-order valence-corrected chi connectivity index (χ3v) is 3.65. The number of ether oxygens (including phenoxy) is 2. The summed E-state index contributed by atoms with van der Waals surface area (Å²) in [4.78, 5) is 10.4. The average Bonchev–Trinajstić information content (AvgIpc) is 2.56. The van der Waals surface area contributed by atoms with Crippen molar-refractivity contribution in [3.63, 3.8) is 0 Å². The molecule has 0 saturated carbocycles. The van der Waals surface area contributed by atoms with Crippen LogP contribution in [0.2, 0.25) is 0 Å². The molecule has 1 fully saturated rings. The first-order valence-corrected chi connectivity index (χ1v) is 7.35. The standard InChI is InChI=1S/C17H17NO4/c19-18(20)15-5-3-4-14(12-15)13-7-9-16(10-8-13)22-17-6-1-2-11-21-17/h3-5,7-10,12,17H,1-2,6,11H2. The maximum atomic E-state index is 10.8. The van der Waals surface area contributed by atoms with Crippen molar-refractivity contribution in [2.45, 2.75) is 25.6 Å². The Morgan fingerprint density at radius 3 is 2.59 bits per heavy atom. The largest absolute Gasteiger partial charge is 0.465 e. The van der Waals surface area contributed by atoms with Crippen molar-refractivity contribution in [3.8, 4) is 16.9 Å². The molecule has 1 aliphatic heterocycles. The Morgan fingerprint density at radius 1 is 1.09 bits per heavy atom. The highest BCUT2D eigenvalue weighted by Gasteiger charge is 2.15. The molecule has 2 aromatic carbocycles. The van der Waals surface area contributed by atoms with Gasteiger partial charge in [-0.2, -0.15) is 0 Å². The van der Waals surface area contributed by atoms with E-state index >= 15 is 0 Å². The second-order valence-electron chi connectivity index (χ2n) is 5.25. The van der Waals surface area contributed by atoms with E-state index in [9.17, 15) is 10.1 Å². The predicted molar refractivity (Wildman–Crippen MR) is 82.8 cm³/mol. The van der Waals surface area contributed by atoms with Gasteiger partial charge in [-0.25, -0.2) is 0 Å². The van der Waals surface area contributed by atoms with Crippen LogP contribution in [0.25, 0.3) is 11.1 Å². The van der Waals surface area contributed by atoms with Crippen molar-refractivity contribution in [1.82, 2.24) is 0 Å². The monoisotopic (exact) mass is 299 g/mol. The summed E-state index contributed by atoms with van der Waals surface area (Å²) in [6, 6.07) is 14.1. The molecule has 0 amide bonds. The maximum Gasteiger partial charge on any atom is 0.270 e. The highest BCUT2D eigenvalue weighted by atomic mass is 16.7. The van der Waals surface area contributed by atoms with Gasteiger partial charge in [-0.15, -0.1) is 0 Å². The van der Waals surface area contributed by atoms with E-state index < -0.39 is 0 Å². The number of nitro benzene ring substituents is 1. The smallest absolute Gasteiger partial charge is 0.270 e. The van der Waals surface area contributed by atoms with Crippen molar-refractivity contribution in [2.24, 2.45) is 0 Å². The van der Waals surface area contributed by atoms with Crippen LogP contribution in [0.1, 0.15) is 19.3 Å². The first-order chi connectivity index (χ1) is 10.7. The fourth-order valence-corrected chi connectivity index (χ4v) is 2.48. The van der Waals surface area contributed by atoms with E-state index in [-0.39, 0.29) is 16.9 Å². The van der Waals surface area contributed by atoms with Crippen LogP contribution in [-0.2, 0) is 4.74 Å². The molecule has 3 rings (SSSR count). The van der Waals surface area contributed by atoms with Gasteiger partial charge in [-0.3, -0.25) is 10.1 Å². The van der Waals surface area contributed by atoms with E-state index in [1.54, 1.807) is 12.1 Å². The van der Waals surface area contributed by atoms with Gasteiger partial charge >= 0.3 is 0 Å². The van der Waals surface area contributed by atoms with Gasteiger partial charge in [-0.05, 0) is 36.1 Å². The van der Waals surface area contributed by atoms with Crippen LogP contribution in [0.15, 0.2) is 48.5 Å². The van der Waals surface area contributed by atoms with Crippen LogP contribution in [0, 0.1) is 10.1 Å². The molecular formula is C17H17NO4. The molecule has 1 unspecified atom stereocenters. The van der Waals surface area contributed by atoms with E-state index in [0.717, 1.165) is 42.7 Å². The Kier molecular flexibility index (Phi) is 4.34. The molecule has 0 spiro atoms. The molecule has 5 nitrogen and oxygen atoms in total. The molecule has 0 aromatic heterocycles. The third kappa shape index (κ3) is 3.43. The molecule has 1 heterocycles. The summed E-state index contributed by atoms with van der Waals surface area (Å²) in [5, 5.41) is 10.8. The molecule has 0 bridgehead atoms. The van der Waals surface area contributed by atoms with E-state index in [0.29, 0.717) is 0 Å². The lowest BCUT2D eigenvalue weighted by atomic mass is 10.1. The second-order valence-corrected chi connectivity index (χ2v) is 5.25. The Hall–Kier alpha value is -2.40. The SMILES string of the molecule is O=[N+]([O-])c1cccc(-c2ccc(OC3CCCCO3)cc2)c1. The van der Waals surface area contributed by atoms with Crippen LogP contribution >= 0.6 is 0 Å². The lowest BCUT2D eigenvalue weighted by molar-refractivity contribution is -0.384. The molecule has 0 N–H and O–H groups in total. The van der Waals surface area contributed by atoms with Gasteiger partial charge in [0, 0.05) is 18.6 Å². The van der Waals surface area contributed by atoms with Crippen molar-refractivity contribution in [2.75, 3.05) is 6.61 Å². The van der Waals surface area contributed by atoms with Gasteiger partial charge in [0.1, 0.15) is 5.75 Å². The topological polar surface area (TPSA) is 61.6 Å². The van der Waals surface area contributed by atoms with Crippen LogP contribution in [-0.4, -0.2) is 17.8 Å². The fraction of sp³-hybridized carbons (Fsp3) is 0.294. The number of hydrogen-bond donors (Lipinski definition) is 0. The minimum Gasteiger partial charge on any atom is -0.465 e. The minimum atomic E-state index is -0.388. The summed E-state index contributed by atoms with van der Waals surface area (Å²) in [6.07, 6.45) is 2.95. The number of non-ortho nitro benzene ring substituents is 1. The summed E-state index contributed by atoms with van der Waals surface area (Å²) in [7, 11) is 0. The van der Waals surface area contributed by atoms with E-state index in [4.69, 9.17) is 9.47 Å². The van der Waals surface area contributed by atoms with E-state index in [1.165, 1.54) is 6.07 Å². The molecule has 5 heteroatoms. The first-order valence-electron chi connectivity index (χ1n) is 7.35. The fourth-order valence-electron chi connectivity index (χ4n) is 2.48. The molecule has 0 aliphatic carbocycles. The summed E-state index contributed by atoms with van der Waals surface area (Å²) >= 11 is 0. The lowest BCUT2D eigenvalue weighted by Gasteiger charge is -2.23. The van der Waals surface area contributed by atoms with Gasteiger partial charge in [0.15, 0.2) is 6.29 Å². The zero-order chi connectivity index (χ0) is 15.4. The van der Waals surface area contributed by atoms with Crippen LogP contribution in [0.5, 0.6) is 5.75 Å². The third-order valence-electron chi connectivity index (χ3n) is 3.65. The highest BCUT2D eigenvalue weighted by Crippen LogP contribution is 2.26. The number of nitro groups is 1. The number of rotatable bonds is 4. The molecule has 114 valence electrons. The van der Waals surface area contributed by atoms with Crippen molar-refractivity contribution >= 4 is 5.69 Å². The average molecular weight is 299 g/mol. The van der Waals surface area contributed by atoms with Gasteiger partial charge in [-0.1, -0.05) is 24.3 Å². The van der Waals surface area contributed by atoms with Crippen LogP contribution in [0.3, 0.4) is 0 Å². The number of hydrogen-bond acceptors (Lipinski definition) is 4. The van der Waals surface area contributed by atoms with Gasteiger partial charge < -0.3 is 9.47 Å². The quantitative estimate of drug-likeness (QED) is 0.628. The lowest BCUT2D eigenvalue weighted by Crippen LogP contribution is -2.24. The second kappa shape index (κ2) is 6.58. The molecule has 1 atom stereocenters. The zero-order valence-corrected chi connectivity index (χ0v) is 12.1. The predicted octanol–water partition coefficient (Wildman–Crippen LogP) is 4.17. The number of benzene rings is 2. The Morgan fingerprint density at radius 2 is 1.91 bits per heavy atom. The maximum absolute atomic E-state index is 10.8. The van der Waals surface area contributed by atoms with Gasteiger partial charge in [0.25, 0.3) is 5.69 Å². The summed E-state index contributed by atoms with van der Waals surface area (Å²) in [5.74, 6) is 0.751. The number of nitrogens with zero attached hydrogens (tertiary/aromatic N) is 1. The van der Waals surface area contributed by atoms with Crippen LogP contribution in [0.4, 0.5) is 5.69 Å². The molecule has 1 aliphatic rings. The van der Waals surface area contributed by atoms with Crippen molar-refractivity contribution in [3.05, 3.63) is 58.6 Å². The first kappa shape index (κ1) is 14.5. The Balaban J connectivity index is 1.73. The zero-order valence-electron chi connectivity index (χ0n) is 12.1. The Labute approximate surface area is 128 Å². The summed E-state index contributed by atoms with van der Waals surface area (Å²) in [6.45, 7) is 0.746. The molecule has 22 heavy (non-hydrogen) atoms. The minimum absolute atomic E-state index is 0.0911. The van der Waals surface area contributed by atoms with E-state index in [2.05, 4.69) is 0 Å². The van der Waals surface area contributed by atoms with Crippen LogP contribution < -0.4 is 4.74 Å². The molecule has 0 radical (unpaired) electrons. The molecular weight excluding hydrogens is 282 g/mol. The Bertz CT molecular complexity index is 648. The molecule has 2 aromatic rings. The molecule has 1 saturated heterocycles. The van der Waals surface area contributed by atoms with Gasteiger partial charge in [0.05, 0.1) is 11.5 Å². The van der Waals surface area contributed by atoms with Gasteiger partial charge in [0.2, 0.25) is 0 Å². The van der Waals surface area contributed by atoms with E-state index in [1.807, 2.05) is 30.3 Å². The highest BCUT2D eigenvalue weighted by molar-refractivity contribution is 5.66. The normalized spacial score (nSPS) is 17.9. The van der Waals surface area contributed by atoms with Crippen molar-refractivity contribution < 1.29 is 14.4 Å². The van der Waals surface area contributed by atoms with Crippen molar-refractivity contribution in [1.29, 1.82) is 0 Å². The summed E-state index contributed by atoms with van der Waals surface area (Å²) in [5.41, 5.74) is 1.82.